The van der Waals surface area contributed by atoms with Crippen LogP contribution in [0.5, 0.6) is 0 Å². The van der Waals surface area contributed by atoms with Gasteiger partial charge in [0.1, 0.15) is 0 Å². The van der Waals surface area contributed by atoms with Crippen molar-refractivity contribution in [1.29, 1.82) is 0 Å². The van der Waals surface area contributed by atoms with E-state index in [1.54, 1.807) is 6.07 Å². The Morgan fingerprint density at radius 1 is 1.32 bits per heavy atom. The fraction of sp³-hybridized carbons (Fsp3) is 0.526. The number of fused-ring (bicyclic) bond motifs is 1. The number of amides is 1. The summed E-state index contributed by atoms with van der Waals surface area (Å²) in [5.74, 6) is 0.830. The van der Waals surface area contributed by atoms with Crippen molar-refractivity contribution in [2.24, 2.45) is 5.92 Å². The fourth-order valence-corrected chi connectivity index (χ4v) is 3.89. The molecule has 0 unspecified atom stereocenters. The summed E-state index contributed by atoms with van der Waals surface area (Å²) in [5.41, 5.74) is 0.559. The minimum atomic E-state index is -0.109. The molecule has 0 radical (unpaired) electrons. The Bertz CT molecular complexity index is 810. The van der Waals surface area contributed by atoms with E-state index < -0.39 is 0 Å². The van der Waals surface area contributed by atoms with Gasteiger partial charge in [-0.1, -0.05) is 29.3 Å². The zero-order valence-electron chi connectivity index (χ0n) is 14.5. The van der Waals surface area contributed by atoms with Crippen molar-refractivity contribution in [3.05, 3.63) is 39.4 Å². The van der Waals surface area contributed by atoms with E-state index in [2.05, 4.69) is 33.2 Å². The number of aromatic nitrogens is 2. The quantitative estimate of drug-likeness (QED) is 0.825. The molecule has 1 saturated carbocycles. The van der Waals surface area contributed by atoms with Gasteiger partial charge >= 0.3 is 0 Å². The van der Waals surface area contributed by atoms with E-state index in [-0.39, 0.29) is 17.5 Å². The molecule has 1 N–H and O–H groups in total. The third-order valence-electron chi connectivity index (χ3n) is 5.16. The lowest BCUT2D eigenvalue weighted by Crippen LogP contribution is -2.38. The van der Waals surface area contributed by atoms with Crippen molar-refractivity contribution >= 4 is 32.7 Å². The third-order valence-corrected chi connectivity index (χ3v) is 5.65. The lowest BCUT2D eigenvalue weighted by Gasteiger charge is -2.28. The average molecular weight is 406 g/mol. The van der Waals surface area contributed by atoms with Gasteiger partial charge in [0.15, 0.2) is 0 Å². The second-order valence-corrected chi connectivity index (χ2v) is 7.76. The molecule has 1 fully saturated rings. The summed E-state index contributed by atoms with van der Waals surface area (Å²) in [6.07, 6.45) is 7.59. The smallest absolute Gasteiger partial charge is 0.261 e. The Kier molecular flexibility index (Phi) is 5.89. The lowest BCUT2D eigenvalue weighted by molar-refractivity contribution is -0.122. The Hall–Kier alpha value is -1.69. The van der Waals surface area contributed by atoms with E-state index in [0.29, 0.717) is 23.9 Å². The van der Waals surface area contributed by atoms with E-state index in [4.69, 9.17) is 0 Å². The summed E-state index contributed by atoms with van der Waals surface area (Å²) in [4.78, 5) is 29.0. The highest BCUT2D eigenvalue weighted by atomic mass is 79.9. The highest BCUT2D eigenvalue weighted by Crippen LogP contribution is 2.26. The number of hydrogen-bond acceptors (Lipinski definition) is 3. The number of hydrogen-bond donors (Lipinski definition) is 1. The first-order valence-corrected chi connectivity index (χ1v) is 9.80. The molecule has 0 aliphatic heterocycles. The van der Waals surface area contributed by atoms with E-state index in [1.807, 2.05) is 12.1 Å². The Balaban J connectivity index is 1.58. The maximum Gasteiger partial charge on any atom is 0.261 e. The van der Waals surface area contributed by atoms with Crippen LogP contribution < -0.4 is 10.9 Å². The van der Waals surface area contributed by atoms with Crippen molar-refractivity contribution in [3.8, 4) is 0 Å². The van der Waals surface area contributed by atoms with Gasteiger partial charge in [0.05, 0.1) is 17.2 Å². The van der Waals surface area contributed by atoms with Crippen molar-refractivity contribution in [3.63, 3.8) is 0 Å². The van der Waals surface area contributed by atoms with Crippen molar-refractivity contribution in [2.75, 3.05) is 0 Å². The summed E-state index contributed by atoms with van der Waals surface area (Å²) < 4.78 is 2.36. The number of halogens is 1. The monoisotopic (exact) mass is 405 g/mol. The molecule has 3 rings (SSSR count). The molecule has 25 heavy (non-hydrogen) atoms. The van der Waals surface area contributed by atoms with Gasteiger partial charge < -0.3 is 5.32 Å². The maximum atomic E-state index is 12.5. The molecular weight excluding hydrogens is 382 g/mol. The minimum absolute atomic E-state index is 0.0150. The molecule has 1 amide bonds. The molecule has 0 spiro atoms. The van der Waals surface area contributed by atoms with E-state index in [1.165, 1.54) is 30.2 Å². The van der Waals surface area contributed by atoms with E-state index in [0.717, 1.165) is 23.2 Å². The molecule has 0 bridgehead atoms. The molecular formula is C19H24BrN3O2. The molecule has 0 atom stereocenters. The number of carbonyl (C=O) groups excluding carboxylic acids is 1. The number of aryl methyl sites for hydroxylation is 1. The number of rotatable bonds is 5. The van der Waals surface area contributed by atoms with Crippen LogP contribution >= 0.6 is 15.9 Å². The standard InChI is InChI=1S/C19H24BrN3O2/c1-2-13-3-6-15(7-4-13)22-18(24)9-10-23-12-21-17-8-5-14(20)11-16(17)19(23)25/h5,8,11-13,15H,2-4,6-7,9-10H2,1H3,(H,22,24). The normalized spacial score (nSPS) is 20.6. The van der Waals surface area contributed by atoms with E-state index >= 15 is 0 Å². The van der Waals surface area contributed by atoms with Crippen molar-refractivity contribution in [2.45, 2.75) is 58.0 Å². The fourth-order valence-electron chi connectivity index (χ4n) is 3.53. The molecule has 134 valence electrons. The maximum absolute atomic E-state index is 12.5. The summed E-state index contributed by atoms with van der Waals surface area (Å²) in [7, 11) is 0. The zero-order chi connectivity index (χ0) is 17.8. The second kappa shape index (κ2) is 8.13. The largest absolute Gasteiger partial charge is 0.353 e. The highest BCUT2D eigenvalue weighted by molar-refractivity contribution is 9.10. The van der Waals surface area contributed by atoms with Crippen LogP contribution in [0.2, 0.25) is 0 Å². The van der Waals surface area contributed by atoms with Gasteiger partial charge in [0.2, 0.25) is 5.91 Å². The first kappa shape index (κ1) is 18.1. The van der Waals surface area contributed by atoms with Gasteiger partial charge in [-0.15, -0.1) is 0 Å². The summed E-state index contributed by atoms with van der Waals surface area (Å²) in [5, 5.41) is 3.68. The summed E-state index contributed by atoms with van der Waals surface area (Å²) in [6, 6.07) is 5.73. The predicted octanol–water partition coefficient (Wildman–Crippen LogP) is 3.63. The van der Waals surface area contributed by atoms with Crippen LogP contribution in [0.4, 0.5) is 0 Å². The van der Waals surface area contributed by atoms with Gasteiger partial charge in [0, 0.05) is 23.5 Å². The molecule has 6 heteroatoms. The van der Waals surface area contributed by atoms with Crippen molar-refractivity contribution in [1.82, 2.24) is 14.9 Å². The van der Waals surface area contributed by atoms with Crippen LogP contribution in [-0.4, -0.2) is 21.5 Å². The highest BCUT2D eigenvalue weighted by Gasteiger charge is 2.21. The molecule has 2 aromatic rings. The first-order chi connectivity index (χ1) is 12.1. The Morgan fingerprint density at radius 3 is 2.80 bits per heavy atom. The minimum Gasteiger partial charge on any atom is -0.353 e. The van der Waals surface area contributed by atoms with E-state index in [9.17, 15) is 9.59 Å². The SMILES string of the molecule is CCC1CCC(NC(=O)CCn2cnc3ccc(Br)cc3c2=O)CC1. The lowest BCUT2D eigenvalue weighted by atomic mass is 9.84. The molecule has 5 nitrogen and oxygen atoms in total. The first-order valence-electron chi connectivity index (χ1n) is 9.01. The van der Waals surface area contributed by atoms with Crippen LogP contribution in [0.1, 0.15) is 45.4 Å². The van der Waals surface area contributed by atoms with Gasteiger partial charge in [-0.05, 0) is 49.8 Å². The van der Waals surface area contributed by atoms with Crippen LogP contribution in [-0.2, 0) is 11.3 Å². The molecule has 1 heterocycles. The number of nitrogens with one attached hydrogen (secondary N) is 1. The Morgan fingerprint density at radius 2 is 2.08 bits per heavy atom. The predicted molar refractivity (Wildman–Crippen MR) is 102 cm³/mol. The van der Waals surface area contributed by atoms with Gasteiger partial charge in [-0.25, -0.2) is 4.98 Å². The zero-order valence-corrected chi connectivity index (χ0v) is 16.1. The third kappa shape index (κ3) is 4.48. The van der Waals surface area contributed by atoms with Gasteiger partial charge in [-0.2, -0.15) is 0 Å². The average Bonchev–Trinajstić information content (AvgIpc) is 2.62. The summed E-state index contributed by atoms with van der Waals surface area (Å²) in [6.45, 7) is 2.59. The molecule has 0 saturated heterocycles. The molecule has 1 aromatic heterocycles. The molecule has 1 aromatic carbocycles. The van der Waals surface area contributed by atoms with Gasteiger partial charge in [0.25, 0.3) is 5.56 Å². The van der Waals surface area contributed by atoms with Crippen LogP contribution in [0.25, 0.3) is 10.9 Å². The number of nitrogens with zero attached hydrogens (tertiary/aromatic N) is 2. The molecule has 1 aliphatic carbocycles. The summed E-state index contributed by atoms with van der Waals surface area (Å²) >= 11 is 3.38. The van der Waals surface area contributed by atoms with Crippen LogP contribution in [0.3, 0.4) is 0 Å². The van der Waals surface area contributed by atoms with Crippen molar-refractivity contribution < 1.29 is 4.79 Å². The van der Waals surface area contributed by atoms with Gasteiger partial charge in [-0.3, -0.25) is 14.2 Å². The number of carbonyl (C=O) groups is 1. The Labute approximate surface area is 156 Å². The van der Waals surface area contributed by atoms with Crippen LogP contribution in [0.15, 0.2) is 33.8 Å². The molecule has 1 aliphatic rings. The number of benzene rings is 1. The topological polar surface area (TPSA) is 64.0 Å². The second-order valence-electron chi connectivity index (χ2n) is 6.85. The van der Waals surface area contributed by atoms with Crippen LogP contribution in [0, 0.1) is 5.92 Å².